The van der Waals surface area contributed by atoms with Gasteiger partial charge in [0, 0.05) is 25.2 Å². The van der Waals surface area contributed by atoms with Crippen LogP contribution in [0.2, 0.25) is 0 Å². The van der Waals surface area contributed by atoms with Crippen LogP contribution in [-0.4, -0.2) is 42.8 Å². The third kappa shape index (κ3) is 4.43. The highest BCUT2D eigenvalue weighted by molar-refractivity contribution is 4.93. The fraction of sp³-hybridized carbons (Fsp3) is 1.00. The SMILES string of the molecule is CC(C)C1CNC(C(C)(C)C)CN1CC(F)(F)F. The number of nitrogens with zero attached hydrogens (tertiary/aromatic N) is 1. The fourth-order valence-corrected chi connectivity index (χ4v) is 2.48. The van der Waals surface area contributed by atoms with Gasteiger partial charge in [0.05, 0.1) is 6.54 Å². The van der Waals surface area contributed by atoms with Crippen molar-refractivity contribution in [3.63, 3.8) is 0 Å². The van der Waals surface area contributed by atoms with E-state index in [-0.39, 0.29) is 23.4 Å². The molecule has 2 nitrogen and oxygen atoms in total. The second kappa shape index (κ2) is 5.37. The minimum atomic E-state index is -4.12. The van der Waals surface area contributed by atoms with Crippen LogP contribution in [0.5, 0.6) is 0 Å². The van der Waals surface area contributed by atoms with E-state index in [1.807, 2.05) is 13.8 Å². The van der Waals surface area contributed by atoms with Gasteiger partial charge in [0.1, 0.15) is 0 Å². The Bertz CT molecular complexity index is 268. The van der Waals surface area contributed by atoms with Crippen molar-refractivity contribution in [2.24, 2.45) is 11.3 Å². The Hall–Kier alpha value is -0.290. The summed E-state index contributed by atoms with van der Waals surface area (Å²) < 4.78 is 37.9. The van der Waals surface area contributed by atoms with E-state index in [0.717, 1.165) is 0 Å². The Morgan fingerprint density at radius 2 is 1.78 bits per heavy atom. The van der Waals surface area contributed by atoms with Crippen LogP contribution >= 0.6 is 0 Å². The zero-order valence-electron chi connectivity index (χ0n) is 11.9. The van der Waals surface area contributed by atoms with Crippen LogP contribution in [0.25, 0.3) is 0 Å². The first kappa shape index (κ1) is 15.8. The van der Waals surface area contributed by atoms with Crippen molar-refractivity contribution in [1.29, 1.82) is 0 Å². The van der Waals surface area contributed by atoms with Crippen molar-refractivity contribution >= 4 is 0 Å². The van der Waals surface area contributed by atoms with Crippen LogP contribution in [0.3, 0.4) is 0 Å². The highest BCUT2D eigenvalue weighted by Crippen LogP contribution is 2.28. The predicted molar refractivity (Wildman–Crippen MR) is 67.5 cm³/mol. The van der Waals surface area contributed by atoms with Gasteiger partial charge in [-0.1, -0.05) is 34.6 Å². The monoisotopic (exact) mass is 266 g/mol. The largest absolute Gasteiger partial charge is 0.401 e. The number of hydrogen-bond acceptors (Lipinski definition) is 2. The molecule has 1 heterocycles. The average Bonchev–Trinajstić information content (AvgIpc) is 2.12. The molecule has 0 aromatic rings. The van der Waals surface area contributed by atoms with Crippen LogP contribution in [0.1, 0.15) is 34.6 Å². The Labute approximate surface area is 108 Å². The number of alkyl halides is 3. The number of piperazine rings is 1. The summed E-state index contributed by atoms with van der Waals surface area (Å²) in [5.74, 6) is 0.223. The Balaban J connectivity index is 2.77. The van der Waals surface area contributed by atoms with Gasteiger partial charge in [-0.3, -0.25) is 4.90 Å². The topological polar surface area (TPSA) is 15.3 Å². The van der Waals surface area contributed by atoms with Crippen molar-refractivity contribution < 1.29 is 13.2 Å². The molecule has 1 saturated heterocycles. The number of rotatable bonds is 2. The van der Waals surface area contributed by atoms with E-state index in [0.29, 0.717) is 13.1 Å². The lowest BCUT2D eigenvalue weighted by Gasteiger charge is -2.46. The molecule has 0 saturated carbocycles. The molecule has 0 amide bonds. The number of nitrogens with one attached hydrogen (secondary N) is 1. The molecule has 18 heavy (non-hydrogen) atoms. The standard InChI is InChI=1S/C13H25F3N2/c1-9(2)10-6-17-11(12(3,4)5)7-18(10)8-13(14,15)16/h9-11,17H,6-8H2,1-5H3. The first-order valence-corrected chi connectivity index (χ1v) is 6.55. The smallest absolute Gasteiger partial charge is 0.311 e. The van der Waals surface area contributed by atoms with E-state index < -0.39 is 12.7 Å². The third-order valence-corrected chi connectivity index (χ3v) is 3.66. The van der Waals surface area contributed by atoms with E-state index in [2.05, 4.69) is 26.1 Å². The molecular weight excluding hydrogens is 241 g/mol. The highest BCUT2D eigenvalue weighted by atomic mass is 19.4. The van der Waals surface area contributed by atoms with Gasteiger partial charge in [0.25, 0.3) is 0 Å². The van der Waals surface area contributed by atoms with E-state index >= 15 is 0 Å². The van der Waals surface area contributed by atoms with Crippen molar-refractivity contribution in [2.45, 2.75) is 52.9 Å². The maximum absolute atomic E-state index is 12.6. The zero-order valence-corrected chi connectivity index (χ0v) is 11.9. The third-order valence-electron chi connectivity index (χ3n) is 3.66. The molecule has 0 aromatic carbocycles. The molecule has 0 aromatic heterocycles. The summed E-state index contributed by atoms with van der Waals surface area (Å²) in [6, 6.07) is 0.0695. The van der Waals surface area contributed by atoms with E-state index in [4.69, 9.17) is 0 Å². The molecule has 1 N–H and O–H groups in total. The van der Waals surface area contributed by atoms with Crippen LogP contribution in [0.15, 0.2) is 0 Å². The van der Waals surface area contributed by atoms with Crippen LogP contribution in [0.4, 0.5) is 13.2 Å². The minimum Gasteiger partial charge on any atom is -0.311 e. The normalized spacial score (nSPS) is 27.8. The van der Waals surface area contributed by atoms with Gasteiger partial charge < -0.3 is 5.32 Å². The van der Waals surface area contributed by atoms with Gasteiger partial charge in [-0.15, -0.1) is 0 Å². The highest BCUT2D eigenvalue weighted by Gasteiger charge is 2.40. The van der Waals surface area contributed by atoms with Crippen LogP contribution < -0.4 is 5.32 Å². The van der Waals surface area contributed by atoms with Gasteiger partial charge in [-0.2, -0.15) is 13.2 Å². The predicted octanol–water partition coefficient (Wildman–Crippen LogP) is 2.89. The van der Waals surface area contributed by atoms with Crippen molar-refractivity contribution in [2.75, 3.05) is 19.6 Å². The molecule has 0 bridgehead atoms. The van der Waals surface area contributed by atoms with Gasteiger partial charge in [-0.05, 0) is 11.3 Å². The summed E-state index contributed by atoms with van der Waals surface area (Å²) in [7, 11) is 0. The average molecular weight is 266 g/mol. The fourth-order valence-electron chi connectivity index (χ4n) is 2.48. The van der Waals surface area contributed by atoms with E-state index in [1.54, 1.807) is 4.90 Å². The maximum atomic E-state index is 12.6. The first-order chi connectivity index (χ1) is 8.00. The Kier molecular flexibility index (Phi) is 4.70. The van der Waals surface area contributed by atoms with E-state index in [9.17, 15) is 13.2 Å². The summed E-state index contributed by atoms with van der Waals surface area (Å²) in [6.45, 7) is 10.4. The summed E-state index contributed by atoms with van der Waals surface area (Å²) in [5, 5.41) is 3.40. The molecule has 2 atom stereocenters. The summed E-state index contributed by atoms with van der Waals surface area (Å²) in [6.07, 6.45) is -4.12. The van der Waals surface area contributed by atoms with E-state index in [1.165, 1.54) is 0 Å². The second-order valence-corrected chi connectivity index (χ2v) is 6.68. The van der Waals surface area contributed by atoms with Gasteiger partial charge in [0.2, 0.25) is 0 Å². The Morgan fingerprint density at radius 1 is 1.22 bits per heavy atom. The number of halogens is 3. The van der Waals surface area contributed by atoms with Crippen LogP contribution in [0, 0.1) is 11.3 Å². The molecular formula is C13H25F3N2. The molecule has 108 valence electrons. The lowest BCUT2D eigenvalue weighted by atomic mass is 9.83. The zero-order chi connectivity index (χ0) is 14.1. The quantitative estimate of drug-likeness (QED) is 0.826. The van der Waals surface area contributed by atoms with Gasteiger partial charge in [-0.25, -0.2) is 0 Å². The van der Waals surface area contributed by atoms with Crippen LogP contribution in [-0.2, 0) is 0 Å². The minimum absolute atomic E-state index is 0.0220. The molecule has 0 spiro atoms. The molecule has 0 aliphatic carbocycles. The molecule has 0 radical (unpaired) electrons. The second-order valence-electron chi connectivity index (χ2n) is 6.68. The maximum Gasteiger partial charge on any atom is 0.401 e. The Morgan fingerprint density at radius 3 is 2.17 bits per heavy atom. The molecule has 1 aliphatic heterocycles. The van der Waals surface area contributed by atoms with Crippen molar-refractivity contribution in [1.82, 2.24) is 10.2 Å². The first-order valence-electron chi connectivity index (χ1n) is 6.55. The lowest BCUT2D eigenvalue weighted by molar-refractivity contribution is -0.157. The van der Waals surface area contributed by atoms with Crippen molar-refractivity contribution in [3.05, 3.63) is 0 Å². The summed E-state index contributed by atoms with van der Waals surface area (Å²) >= 11 is 0. The molecule has 1 rings (SSSR count). The summed E-state index contributed by atoms with van der Waals surface area (Å²) in [4.78, 5) is 1.59. The van der Waals surface area contributed by atoms with Gasteiger partial charge >= 0.3 is 6.18 Å². The molecule has 1 fully saturated rings. The van der Waals surface area contributed by atoms with Crippen molar-refractivity contribution in [3.8, 4) is 0 Å². The lowest BCUT2D eigenvalue weighted by Crippen LogP contribution is -2.63. The molecule has 1 aliphatic rings. The number of hydrogen-bond donors (Lipinski definition) is 1. The molecule has 5 heteroatoms. The molecule has 2 unspecified atom stereocenters. The van der Waals surface area contributed by atoms with Gasteiger partial charge in [0.15, 0.2) is 0 Å². The summed E-state index contributed by atoms with van der Waals surface area (Å²) in [5.41, 5.74) is -0.0220.